The third-order valence-electron chi connectivity index (χ3n) is 4.73. The van der Waals surface area contributed by atoms with E-state index in [-0.39, 0.29) is 23.9 Å². The molecule has 7 heteroatoms. The third-order valence-corrected chi connectivity index (χ3v) is 6.19. The van der Waals surface area contributed by atoms with Crippen LogP contribution in [0.4, 0.5) is 0 Å². The summed E-state index contributed by atoms with van der Waals surface area (Å²) in [4.78, 5) is 29.7. The number of fused-ring (bicyclic) bond motifs is 2. The Morgan fingerprint density at radius 3 is 3.04 bits per heavy atom. The van der Waals surface area contributed by atoms with Crippen LogP contribution in [-0.4, -0.2) is 21.2 Å². The summed E-state index contributed by atoms with van der Waals surface area (Å²) >= 11 is 7.68. The van der Waals surface area contributed by atoms with E-state index in [1.165, 1.54) is 0 Å². The Bertz CT molecular complexity index is 896. The lowest BCUT2D eigenvalue weighted by Gasteiger charge is -2.14. The molecule has 0 spiro atoms. The highest BCUT2D eigenvalue weighted by molar-refractivity contribution is 7.99. The fourth-order valence-corrected chi connectivity index (χ4v) is 4.78. The number of carbonyl (C=O) groups is 1. The fraction of sp³-hybridized carbons (Fsp3) is 0.389. The summed E-state index contributed by atoms with van der Waals surface area (Å²) in [5.74, 6) is 0.635. The van der Waals surface area contributed by atoms with Gasteiger partial charge in [0.15, 0.2) is 5.16 Å². The summed E-state index contributed by atoms with van der Waals surface area (Å²) in [7, 11) is 0. The van der Waals surface area contributed by atoms with Crippen LogP contribution in [0.25, 0.3) is 0 Å². The minimum absolute atomic E-state index is 0.0476. The summed E-state index contributed by atoms with van der Waals surface area (Å²) in [5, 5.41) is 4.30. The van der Waals surface area contributed by atoms with Crippen molar-refractivity contribution in [2.24, 2.45) is 0 Å². The first kappa shape index (κ1) is 16.7. The molecule has 4 rings (SSSR count). The highest BCUT2D eigenvalue weighted by Gasteiger charge is 2.31. The fourth-order valence-electron chi connectivity index (χ4n) is 3.42. The molecule has 1 atom stereocenters. The number of nitrogens with one attached hydrogen (secondary N) is 1. The Hall–Kier alpha value is -1.79. The van der Waals surface area contributed by atoms with Gasteiger partial charge in [0.05, 0.1) is 11.7 Å². The monoisotopic (exact) mass is 375 g/mol. The van der Waals surface area contributed by atoms with Crippen LogP contribution in [0.5, 0.6) is 0 Å². The number of carbonyl (C=O) groups excluding carboxylic acids is 1. The molecule has 0 radical (unpaired) electrons. The number of amides is 1. The number of aryl methyl sites for hydroxylation is 1. The second-order valence-corrected chi connectivity index (χ2v) is 7.78. The molecule has 2 aromatic rings. The molecule has 130 valence electrons. The number of halogens is 1. The maximum absolute atomic E-state index is 12.7. The molecule has 0 bridgehead atoms. The molecule has 2 heterocycles. The smallest absolute Gasteiger partial charge is 0.257 e. The van der Waals surface area contributed by atoms with Crippen molar-refractivity contribution in [3.63, 3.8) is 0 Å². The largest absolute Gasteiger partial charge is 0.352 e. The highest BCUT2D eigenvalue weighted by atomic mass is 35.5. The lowest BCUT2D eigenvalue weighted by atomic mass is 10.2. The molecule has 0 saturated heterocycles. The van der Waals surface area contributed by atoms with Crippen LogP contribution >= 0.6 is 23.4 Å². The number of aromatic nitrogens is 2. The molecule has 1 unspecified atom stereocenters. The van der Waals surface area contributed by atoms with Crippen LogP contribution in [0.1, 0.15) is 35.7 Å². The molecule has 1 amide bonds. The van der Waals surface area contributed by atoms with E-state index >= 15 is 0 Å². The predicted molar refractivity (Wildman–Crippen MR) is 98.2 cm³/mol. The Labute approximate surface area is 154 Å². The summed E-state index contributed by atoms with van der Waals surface area (Å²) in [6.07, 6.45) is 2.97. The van der Waals surface area contributed by atoms with E-state index in [1.54, 1.807) is 22.4 Å². The zero-order chi connectivity index (χ0) is 17.4. The van der Waals surface area contributed by atoms with Crippen LogP contribution in [0.3, 0.4) is 0 Å². The zero-order valence-corrected chi connectivity index (χ0v) is 15.2. The topological polar surface area (TPSA) is 64.0 Å². The maximum Gasteiger partial charge on any atom is 0.257 e. The molecule has 25 heavy (non-hydrogen) atoms. The molecule has 2 aliphatic rings. The third kappa shape index (κ3) is 3.20. The van der Waals surface area contributed by atoms with Crippen molar-refractivity contribution in [2.75, 3.05) is 5.75 Å². The van der Waals surface area contributed by atoms with Crippen molar-refractivity contribution in [3.8, 4) is 0 Å². The van der Waals surface area contributed by atoms with Gasteiger partial charge in [-0.1, -0.05) is 41.6 Å². The minimum atomic E-state index is -0.128. The zero-order valence-electron chi connectivity index (χ0n) is 13.6. The van der Waals surface area contributed by atoms with Crippen molar-refractivity contribution in [1.29, 1.82) is 0 Å². The van der Waals surface area contributed by atoms with Gasteiger partial charge in [-0.2, -0.15) is 0 Å². The maximum atomic E-state index is 12.7. The first-order valence-corrected chi connectivity index (χ1v) is 9.77. The van der Waals surface area contributed by atoms with E-state index in [4.69, 9.17) is 11.6 Å². The average molecular weight is 376 g/mol. The van der Waals surface area contributed by atoms with Gasteiger partial charge in [0.25, 0.3) is 5.56 Å². The van der Waals surface area contributed by atoms with E-state index in [0.717, 1.165) is 41.2 Å². The van der Waals surface area contributed by atoms with E-state index in [9.17, 15) is 9.59 Å². The highest BCUT2D eigenvalue weighted by Crippen LogP contribution is 2.33. The normalized spacial score (nSPS) is 18.0. The van der Waals surface area contributed by atoms with Gasteiger partial charge in [0.1, 0.15) is 0 Å². The second-order valence-electron chi connectivity index (χ2n) is 6.39. The van der Waals surface area contributed by atoms with Crippen molar-refractivity contribution in [2.45, 2.75) is 43.4 Å². The summed E-state index contributed by atoms with van der Waals surface area (Å²) < 4.78 is 1.73. The van der Waals surface area contributed by atoms with Crippen LogP contribution in [-0.2, 0) is 24.2 Å². The number of hydrogen-bond donors (Lipinski definition) is 1. The summed E-state index contributed by atoms with van der Waals surface area (Å²) in [6, 6.07) is 7.32. The molecule has 1 N–H and O–H groups in total. The molecular weight excluding hydrogens is 358 g/mol. The first-order chi connectivity index (χ1) is 12.1. The molecule has 1 aromatic carbocycles. The lowest BCUT2D eigenvalue weighted by Crippen LogP contribution is -2.32. The first-order valence-electron chi connectivity index (χ1n) is 8.40. The van der Waals surface area contributed by atoms with Crippen molar-refractivity contribution >= 4 is 29.3 Å². The van der Waals surface area contributed by atoms with Gasteiger partial charge in [0.2, 0.25) is 5.91 Å². The van der Waals surface area contributed by atoms with Crippen LogP contribution < -0.4 is 10.9 Å². The van der Waals surface area contributed by atoms with Gasteiger partial charge in [-0.3, -0.25) is 14.2 Å². The molecule has 1 aromatic heterocycles. The lowest BCUT2D eigenvalue weighted by molar-refractivity contribution is -0.121. The molecule has 5 nitrogen and oxygen atoms in total. The summed E-state index contributed by atoms with van der Waals surface area (Å²) in [6.45, 7) is 0.391. The number of rotatable bonds is 4. The Kier molecular flexibility index (Phi) is 4.56. The van der Waals surface area contributed by atoms with Gasteiger partial charge < -0.3 is 5.32 Å². The molecular formula is C18H18ClN3O2S. The molecule has 0 saturated carbocycles. The summed E-state index contributed by atoms with van der Waals surface area (Å²) in [5.41, 5.74) is 2.72. The second kappa shape index (κ2) is 6.84. The van der Waals surface area contributed by atoms with Gasteiger partial charge >= 0.3 is 0 Å². The van der Waals surface area contributed by atoms with E-state index in [1.807, 2.05) is 18.2 Å². The van der Waals surface area contributed by atoms with Gasteiger partial charge in [-0.15, -0.1) is 0 Å². The standard InChI is InChI=1S/C18H18ClN3O2S/c19-14-6-2-1-4-11(14)9-20-16(23)8-12-10-25-18-21-15-7-3-5-13(15)17(24)22(12)18/h1-2,4,6,12H,3,5,7-10H2,(H,20,23). The number of nitrogens with zero attached hydrogens (tertiary/aromatic N) is 2. The van der Waals surface area contributed by atoms with Crippen molar-refractivity contribution < 1.29 is 4.79 Å². The molecule has 0 fully saturated rings. The quantitative estimate of drug-likeness (QED) is 0.834. The molecule has 1 aliphatic carbocycles. The minimum Gasteiger partial charge on any atom is -0.352 e. The number of thioether (sulfide) groups is 1. The van der Waals surface area contributed by atoms with Crippen molar-refractivity contribution in [1.82, 2.24) is 14.9 Å². The Morgan fingerprint density at radius 1 is 1.36 bits per heavy atom. The Balaban J connectivity index is 1.46. The average Bonchev–Trinajstić information content (AvgIpc) is 3.22. The van der Waals surface area contributed by atoms with Crippen LogP contribution in [0.2, 0.25) is 5.02 Å². The van der Waals surface area contributed by atoms with Gasteiger partial charge in [0, 0.05) is 29.3 Å². The van der Waals surface area contributed by atoms with Gasteiger partial charge in [-0.25, -0.2) is 4.98 Å². The Morgan fingerprint density at radius 2 is 2.20 bits per heavy atom. The van der Waals surface area contributed by atoms with E-state index in [0.29, 0.717) is 17.3 Å². The van der Waals surface area contributed by atoms with Crippen LogP contribution in [0, 0.1) is 0 Å². The SMILES string of the molecule is O=C(CC1CSc2nc3c(c(=O)n21)CCC3)NCc1ccccc1Cl. The van der Waals surface area contributed by atoms with E-state index in [2.05, 4.69) is 10.3 Å². The van der Waals surface area contributed by atoms with Gasteiger partial charge in [-0.05, 0) is 30.9 Å². The number of hydrogen-bond acceptors (Lipinski definition) is 4. The van der Waals surface area contributed by atoms with Crippen molar-refractivity contribution in [3.05, 3.63) is 56.5 Å². The molecule has 1 aliphatic heterocycles. The predicted octanol–water partition coefficient (Wildman–Crippen LogP) is 2.74. The van der Waals surface area contributed by atoms with E-state index < -0.39 is 0 Å². The number of benzene rings is 1. The van der Waals surface area contributed by atoms with Crippen LogP contribution in [0.15, 0.2) is 34.2 Å².